The quantitative estimate of drug-likeness (QED) is 0.454. The van der Waals surface area contributed by atoms with Gasteiger partial charge < -0.3 is 10.2 Å². The van der Waals surface area contributed by atoms with Gasteiger partial charge in [-0.05, 0) is 5.92 Å². The summed E-state index contributed by atoms with van der Waals surface area (Å²) in [6, 6.07) is 0. The van der Waals surface area contributed by atoms with Crippen LogP contribution >= 0.6 is 35.7 Å². The summed E-state index contributed by atoms with van der Waals surface area (Å²) < 4.78 is 1.78. The SMILES string of the molecule is CN=C(NCc1ncnn1C)N1CCSC(C(C)C)C1.I. The first kappa shape index (κ1) is 18.5. The summed E-state index contributed by atoms with van der Waals surface area (Å²) in [7, 11) is 3.74. The molecule has 1 saturated heterocycles. The van der Waals surface area contributed by atoms with Crippen molar-refractivity contribution in [2.45, 2.75) is 25.6 Å². The molecular weight excluding hydrogens is 399 g/mol. The number of nitrogens with zero attached hydrogens (tertiary/aromatic N) is 5. The number of nitrogens with one attached hydrogen (secondary N) is 1. The average Bonchev–Trinajstić information content (AvgIpc) is 2.85. The second kappa shape index (κ2) is 8.82. The molecule has 2 rings (SSSR count). The van der Waals surface area contributed by atoms with Gasteiger partial charge in [-0.25, -0.2) is 4.98 Å². The van der Waals surface area contributed by atoms with Gasteiger partial charge in [-0.2, -0.15) is 16.9 Å². The Morgan fingerprint density at radius 2 is 2.33 bits per heavy atom. The maximum absolute atomic E-state index is 4.40. The first-order valence-corrected chi connectivity index (χ1v) is 8.06. The lowest BCUT2D eigenvalue weighted by molar-refractivity contribution is 0.380. The van der Waals surface area contributed by atoms with Gasteiger partial charge in [-0.3, -0.25) is 9.67 Å². The van der Waals surface area contributed by atoms with Gasteiger partial charge in [0, 0.05) is 38.2 Å². The van der Waals surface area contributed by atoms with Crippen LogP contribution in [0.25, 0.3) is 0 Å². The Labute approximate surface area is 148 Å². The molecule has 1 aromatic rings. The summed E-state index contributed by atoms with van der Waals surface area (Å²) in [5, 5.41) is 8.14. The third kappa shape index (κ3) is 5.01. The van der Waals surface area contributed by atoms with E-state index < -0.39 is 0 Å². The fourth-order valence-electron chi connectivity index (χ4n) is 2.24. The number of hydrogen-bond acceptors (Lipinski definition) is 4. The van der Waals surface area contributed by atoms with Crippen molar-refractivity contribution < 1.29 is 0 Å². The molecule has 1 aliphatic rings. The molecule has 1 unspecified atom stereocenters. The highest BCUT2D eigenvalue weighted by Crippen LogP contribution is 2.24. The molecular formula is C13H25IN6S. The molecule has 0 bridgehead atoms. The second-order valence-electron chi connectivity index (χ2n) is 5.30. The van der Waals surface area contributed by atoms with E-state index >= 15 is 0 Å². The van der Waals surface area contributed by atoms with Crippen molar-refractivity contribution in [2.24, 2.45) is 18.0 Å². The van der Waals surface area contributed by atoms with E-state index in [2.05, 4.69) is 50.9 Å². The van der Waals surface area contributed by atoms with Crippen molar-refractivity contribution in [3.63, 3.8) is 0 Å². The molecule has 0 radical (unpaired) electrons. The number of aromatic nitrogens is 3. The molecule has 120 valence electrons. The van der Waals surface area contributed by atoms with Crippen LogP contribution in [0.4, 0.5) is 0 Å². The Bertz CT molecular complexity index is 461. The Kier molecular flexibility index (Phi) is 7.78. The van der Waals surface area contributed by atoms with Gasteiger partial charge in [-0.15, -0.1) is 24.0 Å². The lowest BCUT2D eigenvalue weighted by Crippen LogP contribution is -2.48. The van der Waals surface area contributed by atoms with E-state index in [1.54, 1.807) is 11.0 Å². The molecule has 1 atom stereocenters. The van der Waals surface area contributed by atoms with Crippen LogP contribution in [0.2, 0.25) is 0 Å². The second-order valence-corrected chi connectivity index (χ2v) is 6.65. The number of aliphatic imine (C=N–C) groups is 1. The van der Waals surface area contributed by atoms with Crippen molar-refractivity contribution in [1.82, 2.24) is 25.0 Å². The molecule has 1 fully saturated rings. The van der Waals surface area contributed by atoms with Crippen molar-refractivity contribution in [1.29, 1.82) is 0 Å². The van der Waals surface area contributed by atoms with Crippen molar-refractivity contribution in [3.8, 4) is 0 Å². The lowest BCUT2D eigenvalue weighted by atomic mass is 10.1. The van der Waals surface area contributed by atoms with Crippen LogP contribution in [-0.4, -0.2) is 56.8 Å². The minimum Gasteiger partial charge on any atom is -0.349 e. The van der Waals surface area contributed by atoms with Gasteiger partial charge in [0.25, 0.3) is 0 Å². The number of hydrogen-bond donors (Lipinski definition) is 1. The number of halogens is 1. The fraction of sp³-hybridized carbons (Fsp3) is 0.769. The zero-order valence-electron chi connectivity index (χ0n) is 13.1. The third-order valence-corrected chi connectivity index (χ3v) is 5.10. The predicted molar refractivity (Wildman–Crippen MR) is 99.3 cm³/mol. The maximum Gasteiger partial charge on any atom is 0.194 e. The molecule has 6 nitrogen and oxygen atoms in total. The molecule has 21 heavy (non-hydrogen) atoms. The summed E-state index contributed by atoms with van der Waals surface area (Å²) in [6.45, 7) is 7.33. The summed E-state index contributed by atoms with van der Waals surface area (Å²) in [5.41, 5.74) is 0. The highest BCUT2D eigenvalue weighted by Gasteiger charge is 2.24. The van der Waals surface area contributed by atoms with Gasteiger partial charge in [0.05, 0.1) is 6.54 Å². The zero-order chi connectivity index (χ0) is 14.5. The van der Waals surface area contributed by atoms with E-state index in [4.69, 9.17) is 0 Å². The Morgan fingerprint density at radius 3 is 2.90 bits per heavy atom. The topological polar surface area (TPSA) is 58.3 Å². The number of thioether (sulfide) groups is 1. The number of aryl methyl sites for hydroxylation is 1. The van der Waals surface area contributed by atoms with E-state index in [0.29, 0.717) is 17.7 Å². The number of guanidine groups is 1. The molecule has 0 aromatic carbocycles. The van der Waals surface area contributed by atoms with Gasteiger partial charge in [0.2, 0.25) is 0 Å². The highest BCUT2D eigenvalue weighted by molar-refractivity contribution is 14.0. The molecule has 2 heterocycles. The van der Waals surface area contributed by atoms with Crippen LogP contribution in [0, 0.1) is 5.92 Å². The van der Waals surface area contributed by atoms with Gasteiger partial charge >= 0.3 is 0 Å². The first-order valence-electron chi connectivity index (χ1n) is 7.02. The largest absolute Gasteiger partial charge is 0.349 e. The molecule has 1 aromatic heterocycles. The van der Waals surface area contributed by atoms with Gasteiger partial charge in [0.1, 0.15) is 12.2 Å². The third-order valence-electron chi connectivity index (χ3n) is 3.56. The van der Waals surface area contributed by atoms with Crippen LogP contribution in [0.3, 0.4) is 0 Å². The van der Waals surface area contributed by atoms with Crippen LogP contribution in [0.5, 0.6) is 0 Å². The molecule has 0 saturated carbocycles. The molecule has 8 heteroatoms. The summed E-state index contributed by atoms with van der Waals surface area (Å²) >= 11 is 2.07. The number of rotatable bonds is 3. The minimum atomic E-state index is 0. The average molecular weight is 424 g/mol. The fourth-order valence-corrected chi connectivity index (χ4v) is 3.54. The van der Waals surface area contributed by atoms with E-state index in [1.807, 2.05) is 14.1 Å². The van der Waals surface area contributed by atoms with Crippen LogP contribution in [0.15, 0.2) is 11.3 Å². The maximum atomic E-state index is 4.40. The smallest absolute Gasteiger partial charge is 0.194 e. The van der Waals surface area contributed by atoms with Crippen LogP contribution < -0.4 is 5.32 Å². The zero-order valence-corrected chi connectivity index (χ0v) is 16.3. The van der Waals surface area contributed by atoms with E-state index in [9.17, 15) is 0 Å². The van der Waals surface area contributed by atoms with Crippen LogP contribution in [0.1, 0.15) is 19.7 Å². The highest BCUT2D eigenvalue weighted by atomic mass is 127. The minimum absolute atomic E-state index is 0. The molecule has 0 aliphatic carbocycles. The Hall–Kier alpha value is -0.510. The normalized spacial score (nSPS) is 19.6. The van der Waals surface area contributed by atoms with Crippen LogP contribution in [-0.2, 0) is 13.6 Å². The molecule has 0 spiro atoms. The Balaban J connectivity index is 0.00000220. The summed E-state index contributed by atoms with van der Waals surface area (Å²) in [6.07, 6.45) is 1.58. The molecule has 0 amide bonds. The van der Waals surface area contributed by atoms with Crippen molar-refractivity contribution in [3.05, 3.63) is 12.2 Å². The van der Waals surface area contributed by atoms with E-state index in [0.717, 1.165) is 30.6 Å². The summed E-state index contributed by atoms with van der Waals surface area (Å²) in [5.74, 6) is 3.73. The van der Waals surface area contributed by atoms with Crippen molar-refractivity contribution in [2.75, 3.05) is 25.9 Å². The molecule has 1 N–H and O–H groups in total. The lowest BCUT2D eigenvalue weighted by Gasteiger charge is -2.36. The first-order chi connectivity index (χ1) is 9.61. The van der Waals surface area contributed by atoms with E-state index in [-0.39, 0.29) is 24.0 Å². The predicted octanol–water partition coefficient (Wildman–Crippen LogP) is 1.58. The van der Waals surface area contributed by atoms with Crippen molar-refractivity contribution >= 4 is 41.7 Å². The van der Waals surface area contributed by atoms with Gasteiger partial charge in [0.15, 0.2) is 5.96 Å². The monoisotopic (exact) mass is 424 g/mol. The summed E-state index contributed by atoms with van der Waals surface area (Å²) in [4.78, 5) is 11.0. The standard InChI is InChI=1S/C13H24N6S.HI/c1-10(2)11-8-19(5-6-20-11)13(14-3)15-7-12-16-9-17-18(12)4;/h9-11H,5-8H2,1-4H3,(H,14,15);1H. The molecule has 1 aliphatic heterocycles. The van der Waals surface area contributed by atoms with E-state index in [1.165, 1.54) is 0 Å². The Morgan fingerprint density at radius 1 is 1.57 bits per heavy atom. The van der Waals surface area contributed by atoms with Gasteiger partial charge in [-0.1, -0.05) is 13.8 Å².